The molecule has 0 unspecified atom stereocenters. The molecule has 1 N–H and O–H groups in total. The van der Waals surface area contributed by atoms with E-state index >= 15 is 0 Å². The van der Waals surface area contributed by atoms with E-state index in [1.807, 2.05) is 14.0 Å². The van der Waals surface area contributed by atoms with Crippen molar-refractivity contribution in [3.8, 4) is 0 Å². The molecular weight excluding hydrogens is 390 g/mol. The van der Waals surface area contributed by atoms with Gasteiger partial charge in [0.15, 0.2) is 5.11 Å². The number of hydrogen-bond donors (Lipinski definition) is 1. The molecule has 0 amide bonds. The van der Waals surface area contributed by atoms with Crippen molar-refractivity contribution in [3.63, 3.8) is 0 Å². The minimum Gasteiger partial charge on any atom is -0.348 e. The predicted octanol–water partition coefficient (Wildman–Crippen LogP) is 4.21. The molecule has 2 heterocycles. The van der Waals surface area contributed by atoms with Crippen LogP contribution in [0.2, 0.25) is 5.15 Å². The molecule has 1 aliphatic heterocycles. The van der Waals surface area contributed by atoms with Gasteiger partial charge in [0.25, 0.3) is 0 Å². The van der Waals surface area contributed by atoms with Crippen LogP contribution in [0.1, 0.15) is 34.4 Å². The molecule has 1 saturated heterocycles. The van der Waals surface area contributed by atoms with Crippen molar-refractivity contribution < 1.29 is 0 Å². The molecule has 5 nitrogen and oxygen atoms in total. The standard InChI is InChI=1S/C21H30ClN5S/c1-14-11-16(3)19(12-15(14)2)23-21(28)27-8-6-7-26(9-10-27)13-18-17(4)24-25(5)20(18)22/h11-12H,6-10,13H2,1-5H3,(H,23,28). The lowest BCUT2D eigenvalue weighted by Crippen LogP contribution is -2.38. The Morgan fingerprint density at radius 3 is 2.46 bits per heavy atom. The number of nitrogens with zero attached hydrogens (tertiary/aromatic N) is 4. The van der Waals surface area contributed by atoms with Crippen molar-refractivity contribution in [1.82, 2.24) is 19.6 Å². The number of hydrogen-bond acceptors (Lipinski definition) is 3. The van der Waals surface area contributed by atoms with Crippen LogP contribution in [0.3, 0.4) is 0 Å². The summed E-state index contributed by atoms with van der Waals surface area (Å²) in [6, 6.07) is 4.40. The monoisotopic (exact) mass is 419 g/mol. The van der Waals surface area contributed by atoms with Crippen molar-refractivity contribution in [3.05, 3.63) is 45.2 Å². The Hall–Kier alpha value is -1.63. The largest absolute Gasteiger partial charge is 0.348 e. The number of benzene rings is 1. The van der Waals surface area contributed by atoms with E-state index in [2.05, 4.69) is 53.1 Å². The lowest BCUT2D eigenvalue weighted by Gasteiger charge is -2.25. The molecule has 1 fully saturated rings. The molecule has 7 heteroatoms. The van der Waals surface area contributed by atoms with Gasteiger partial charge >= 0.3 is 0 Å². The van der Waals surface area contributed by atoms with Crippen molar-refractivity contribution >= 4 is 34.6 Å². The first kappa shape index (κ1) is 21.1. The minimum atomic E-state index is 0.737. The maximum atomic E-state index is 6.41. The topological polar surface area (TPSA) is 36.3 Å². The zero-order valence-electron chi connectivity index (χ0n) is 17.5. The van der Waals surface area contributed by atoms with Gasteiger partial charge in [-0.25, -0.2) is 0 Å². The maximum Gasteiger partial charge on any atom is 0.173 e. The lowest BCUT2D eigenvalue weighted by molar-refractivity contribution is 0.277. The van der Waals surface area contributed by atoms with E-state index in [9.17, 15) is 0 Å². The Balaban J connectivity index is 1.62. The van der Waals surface area contributed by atoms with Crippen LogP contribution >= 0.6 is 23.8 Å². The summed E-state index contributed by atoms with van der Waals surface area (Å²) in [5.41, 5.74) is 7.06. The summed E-state index contributed by atoms with van der Waals surface area (Å²) in [6.07, 6.45) is 1.07. The van der Waals surface area contributed by atoms with Crippen LogP contribution in [0.15, 0.2) is 12.1 Å². The Bertz CT molecular complexity index is 876. The van der Waals surface area contributed by atoms with Gasteiger partial charge in [-0.15, -0.1) is 0 Å². The van der Waals surface area contributed by atoms with Gasteiger partial charge in [0, 0.05) is 51.0 Å². The molecule has 1 aromatic carbocycles. The molecule has 0 atom stereocenters. The average Bonchev–Trinajstić information content (AvgIpc) is 2.82. The third-order valence-electron chi connectivity index (χ3n) is 5.61. The lowest BCUT2D eigenvalue weighted by atomic mass is 10.1. The molecule has 0 radical (unpaired) electrons. The first-order valence-electron chi connectivity index (χ1n) is 9.80. The summed E-state index contributed by atoms with van der Waals surface area (Å²) in [4.78, 5) is 4.72. The van der Waals surface area contributed by atoms with Gasteiger partial charge in [0.05, 0.1) is 5.69 Å². The Kier molecular flexibility index (Phi) is 6.63. The highest BCUT2D eigenvalue weighted by molar-refractivity contribution is 7.80. The fourth-order valence-electron chi connectivity index (χ4n) is 3.70. The van der Waals surface area contributed by atoms with E-state index in [1.165, 1.54) is 16.7 Å². The van der Waals surface area contributed by atoms with Crippen LogP contribution in [0.4, 0.5) is 5.69 Å². The van der Waals surface area contributed by atoms with Crippen LogP contribution in [-0.4, -0.2) is 50.9 Å². The average molecular weight is 420 g/mol. The van der Waals surface area contributed by atoms with Gasteiger partial charge in [-0.3, -0.25) is 9.58 Å². The van der Waals surface area contributed by atoms with Crippen LogP contribution < -0.4 is 5.32 Å². The SMILES string of the molecule is Cc1cc(C)c(NC(=S)N2CCCN(Cc3c(C)nn(C)c3Cl)CC2)cc1C. The molecule has 0 bridgehead atoms. The predicted molar refractivity (Wildman–Crippen MR) is 121 cm³/mol. The van der Waals surface area contributed by atoms with E-state index in [0.717, 1.165) is 66.4 Å². The quantitative estimate of drug-likeness (QED) is 0.754. The molecule has 1 aliphatic rings. The van der Waals surface area contributed by atoms with E-state index in [4.69, 9.17) is 23.8 Å². The maximum absolute atomic E-state index is 6.41. The van der Waals surface area contributed by atoms with Crippen LogP contribution in [0.25, 0.3) is 0 Å². The van der Waals surface area contributed by atoms with E-state index in [-0.39, 0.29) is 0 Å². The Morgan fingerprint density at radius 1 is 1.07 bits per heavy atom. The highest BCUT2D eigenvalue weighted by Crippen LogP contribution is 2.22. The summed E-state index contributed by atoms with van der Waals surface area (Å²) >= 11 is 12.1. The first-order valence-corrected chi connectivity index (χ1v) is 10.6. The number of aryl methyl sites for hydroxylation is 5. The second-order valence-electron chi connectivity index (χ2n) is 7.78. The van der Waals surface area contributed by atoms with E-state index in [1.54, 1.807) is 4.68 Å². The Morgan fingerprint density at radius 2 is 1.79 bits per heavy atom. The van der Waals surface area contributed by atoms with Crippen molar-refractivity contribution in [1.29, 1.82) is 0 Å². The van der Waals surface area contributed by atoms with Crippen molar-refractivity contribution in [2.24, 2.45) is 7.05 Å². The fraction of sp³-hybridized carbons (Fsp3) is 0.524. The van der Waals surface area contributed by atoms with Gasteiger partial charge < -0.3 is 10.2 Å². The smallest absolute Gasteiger partial charge is 0.173 e. The summed E-state index contributed by atoms with van der Waals surface area (Å²) in [5.74, 6) is 0. The third kappa shape index (κ3) is 4.67. The summed E-state index contributed by atoms with van der Waals surface area (Å²) in [6.45, 7) is 13.1. The zero-order chi connectivity index (χ0) is 20.4. The van der Waals surface area contributed by atoms with Crippen LogP contribution in [-0.2, 0) is 13.6 Å². The van der Waals surface area contributed by atoms with Gasteiger partial charge in [-0.05, 0) is 69.1 Å². The van der Waals surface area contributed by atoms with Crippen LogP contribution in [0, 0.1) is 27.7 Å². The molecule has 0 saturated carbocycles. The molecular formula is C21H30ClN5S. The number of thiocarbonyl (C=S) groups is 1. The number of aromatic nitrogens is 2. The summed E-state index contributed by atoms with van der Waals surface area (Å²) in [7, 11) is 1.89. The van der Waals surface area contributed by atoms with Crippen molar-refractivity contribution in [2.45, 2.75) is 40.7 Å². The number of halogens is 1. The molecule has 0 aliphatic carbocycles. The molecule has 152 valence electrons. The Labute approximate surface area is 178 Å². The number of nitrogens with one attached hydrogen (secondary N) is 1. The molecule has 1 aromatic heterocycles. The van der Waals surface area contributed by atoms with E-state index < -0.39 is 0 Å². The normalized spacial score (nSPS) is 15.6. The second-order valence-corrected chi connectivity index (χ2v) is 8.52. The van der Waals surface area contributed by atoms with Gasteiger partial charge in [0.1, 0.15) is 5.15 Å². The highest BCUT2D eigenvalue weighted by atomic mass is 35.5. The molecule has 28 heavy (non-hydrogen) atoms. The second kappa shape index (κ2) is 8.80. The van der Waals surface area contributed by atoms with Gasteiger partial charge in [-0.2, -0.15) is 5.10 Å². The minimum absolute atomic E-state index is 0.737. The first-order chi connectivity index (χ1) is 13.3. The summed E-state index contributed by atoms with van der Waals surface area (Å²) < 4.78 is 1.75. The number of rotatable bonds is 3. The molecule has 3 rings (SSSR count). The van der Waals surface area contributed by atoms with Crippen LogP contribution in [0.5, 0.6) is 0 Å². The van der Waals surface area contributed by atoms with E-state index in [0.29, 0.717) is 0 Å². The van der Waals surface area contributed by atoms with Crippen molar-refractivity contribution in [2.75, 3.05) is 31.5 Å². The van der Waals surface area contributed by atoms with Gasteiger partial charge in [-0.1, -0.05) is 17.7 Å². The molecule has 2 aromatic rings. The zero-order valence-corrected chi connectivity index (χ0v) is 19.0. The number of anilines is 1. The summed E-state index contributed by atoms with van der Waals surface area (Å²) in [5, 5.41) is 9.44. The highest BCUT2D eigenvalue weighted by Gasteiger charge is 2.20. The van der Waals surface area contributed by atoms with Gasteiger partial charge in [0.2, 0.25) is 0 Å². The molecule has 0 spiro atoms. The fourth-order valence-corrected chi connectivity index (χ4v) is 4.23. The third-order valence-corrected chi connectivity index (χ3v) is 6.44.